The Bertz CT molecular complexity index is 952. The Morgan fingerprint density at radius 2 is 1.75 bits per heavy atom. The molecule has 6 nitrogen and oxygen atoms in total. The standard InChI is InChI=1S/C21H22N4O2S/c1-3-25-20(17-11-9-16(10-12-17)13-15(2)26)23-24-21(25)28-14-19(27)22-18-7-5-4-6-8-18/h4-12H,3,13-14H2,1-2H3,(H,22,27). The lowest BCUT2D eigenvalue weighted by atomic mass is 10.1. The Morgan fingerprint density at radius 3 is 2.39 bits per heavy atom. The maximum atomic E-state index is 12.2. The highest BCUT2D eigenvalue weighted by Gasteiger charge is 2.15. The van der Waals surface area contributed by atoms with Crippen LogP contribution in [0, 0.1) is 0 Å². The zero-order valence-corrected chi connectivity index (χ0v) is 16.7. The molecule has 2 aromatic carbocycles. The average Bonchev–Trinajstić information content (AvgIpc) is 3.10. The third-order valence-electron chi connectivity index (χ3n) is 4.09. The Balaban J connectivity index is 1.68. The highest BCUT2D eigenvalue weighted by Crippen LogP contribution is 2.24. The van der Waals surface area contributed by atoms with Crippen LogP contribution < -0.4 is 5.32 Å². The number of hydrogen-bond donors (Lipinski definition) is 1. The van der Waals surface area contributed by atoms with Gasteiger partial charge in [0, 0.05) is 24.2 Å². The molecule has 1 amide bonds. The van der Waals surface area contributed by atoms with E-state index >= 15 is 0 Å². The summed E-state index contributed by atoms with van der Waals surface area (Å²) in [6.45, 7) is 4.30. The van der Waals surface area contributed by atoms with E-state index in [9.17, 15) is 9.59 Å². The molecule has 0 spiro atoms. The van der Waals surface area contributed by atoms with Crippen LogP contribution in [-0.4, -0.2) is 32.2 Å². The van der Waals surface area contributed by atoms with E-state index in [0.29, 0.717) is 18.1 Å². The first kappa shape index (κ1) is 19.8. The number of benzene rings is 2. The molecule has 0 atom stereocenters. The fourth-order valence-corrected chi connectivity index (χ4v) is 3.60. The Hall–Kier alpha value is -2.93. The summed E-state index contributed by atoms with van der Waals surface area (Å²) < 4.78 is 1.99. The van der Waals surface area contributed by atoms with Crippen LogP contribution in [-0.2, 0) is 22.6 Å². The van der Waals surface area contributed by atoms with Crippen molar-refractivity contribution in [3.05, 3.63) is 60.2 Å². The van der Waals surface area contributed by atoms with Crippen molar-refractivity contribution in [3.8, 4) is 11.4 Å². The molecule has 0 saturated heterocycles. The molecule has 1 N–H and O–H groups in total. The number of ketones is 1. The lowest BCUT2D eigenvalue weighted by Gasteiger charge is -2.08. The smallest absolute Gasteiger partial charge is 0.234 e. The molecule has 0 aliphatic rings. The van der Waals surface area contributed by atoms with E-state index in [-0.39, 0.29) is 17.4 Å². The van der Waals surface area contributed by atoms with Crippen molar-refractivity contribution in [2.75, 3.05) is 11.1 Å². The Kier molecular flexibility index (Phi) is 6.60. The molecule has 0 aliphatic carbocycles. The van der Waals surface area contributed by atoms with Crippen molar-refractivity contribution in [2.45, 2.75) is 32.0 Å². The summed E-state index contributed by atoms with van der Waals surface area (Å²) in [6.07, 6.45) is 0.429. The fraction of sp³-hybridized carbons (Fsp3) is 0.238. The van der Waals surface area contributed by atoms with Gasteiger partial charge >= 0.3 is 0 Å². The predicted octanol–water partition coefficient (Wildman–Crippen LogP) is 3.83. The van der Waals surface area contributed by atoms with Crippen LogP contribution in [0.4, 0.5) is 5.69 Å². The van der Waals surface area contributed by atoms with Gasteiger partial charge in [-0.05, 0) is 31.5 Å². The first-order valence-corrected chi connectivity index (χ1v) is 10.0. The molecule has 1 heterocycles. The summed E-state index contributed by atoms with van der Waals surface area (Å²) in [6, 6.07) is 17.1. The van der Waals surface area contributed by atoms with Gasteiger partial charge in [0.25, 0.3) is 0 Å². The molecule has 28 heavy (non-hydrogen) atoms. The van der Waals surface area contributed by atoms with Gasteiger partial charge in [0.1, 0.15) is 5.78 Å². The highest BCUT2D eigenvalue weighted by molar-refractivity contribution is 7.99. The number of nitrogens with one attached hydrogen (secondary N) is 1. The maximum absolute atomic E-state index is 12.2. The van der Waals surface area contributed by atoms with E-state index in [1.807, 2.05) is 66.1 Å². The number of nitrogens with zero attached hydrogens (tertiary/aromatic N) is 3. The number of aromatic nitrogens is 3. The molecule has 1 aromatic heterocycles. The van der Waals surface area contributed by atoms with E-state index in [4.69, 9.17) is 0 Å². The largest absolute Gasteiger partial charge is 0.325 e. The monoisotopic (exact) mass is 394 g/mol. The van der Waals surface area contributed by atoms with Crippen LogP contribution in [0.2, 0.25) is 0 Å². The number of rotatable bonds is 8. The maximum Gasteiger partial charge on any atom is 0.234 e. The number of amides is 1. The van der Waals surface area contributed by atoms with Crippen LogP contribution >= 0.6 is 11.8 Å². The van der Waals surface area contributed by atoms with Gasteiger partial charge in [-0.15, -0.1) is 10.2 Å². The molecule has 0 unspecified atom stereocenters. The zero-order chi connectivity index (χ0) is 19.9. The third-order valence-corrected chi connectivity index (χ3v) is 5.05. The quantitative estimate of drug-likeness (QED) is 0.588. The van der Waals surface area contributed by atoms with Gasteiger partial charge in [-0.25, -0.2) is 0 Å². The molecule has 3 aromatic rings. The molecule has 0 radical (unpaired) electrons. The summed E-state index contributed by atoms with van der Waals surface area (Å²) in [5.74, 6) is 1.06. The van der Waals surface area contributed by atoms with Gasteiger partial charge in [-0.1, -0.05) is 54.2 Å². The second kappa shape index (κ2) is 9.32. The van der Waals surface area contributed by atoms with E-state index in [1.165, 1.54) is 11.8 Å². The second-order valence-corrected chi connectivity index (χ2v) is 7.27. The van der Waals surface area contributed by atoms with Crippen molar-refractivity contribution in [3.63, 3.8) is 0 Å². The highest BCUT2D eigenvalue weighted by atomic mass is 32.2. The summed E-state index contributed by atoms with van der Waals surface area (Å²) in [4.78, 5) is 23.4. The molecule has 0 bridgehead atoms. The van der Waals surface area contributed by atoms with Crippen LogP contribution in [0.3, 0.4) is 0 Å². The van der Waals surface area contributed by atoms with Crippen molar-refractivity contribution in [1.82, 2.24) is 14.8 Å². The summed E-state index contributed by atoms with van der Waals surface area (Å²) in [5, 5.41) is 12.1. The van der Waals surface area contributed by atoms with Gasteiger partial charge in [0.2, 0.25) is 5.91 Å². The minimum atomic E-state index is -0.0861. The number of para-hydroxylation sites is 1. The number of carbonyl (C=O) groups excluding carboxylic acids is 2. The predicted molar refractivity (Wildman–Crippen MR) is 111 cm³/mol. The van der Waals surface area contributed by atoms with Crippen molar-refractivity contribution in [2.24, 2.45) is 0 Å². The molecular weight excluding hydrogens is 372 g/mol. The summed E-state index contributed by atoms with van der Waals surface area (Å²) in [5.41, 5.74) is 2.68. The average molecular weight is 395 g/mol. The van der Waals surface area contributed by atoms with Gasteiger partial charge < -0.3 is 9.88 Å². The van der Waals surface area contributed by atoms with Crippen molar-refractivity contribution >= 4 is 29.1 Å². The lowest BCUT2D eigenvalue weighted by Crippen LogP contribution is -2.14. The lowest BCUT2D eigenvalue weighted by molar-refractivity contribution is -0.116. The molecule has 3 rings (SSSR count). The number of thioether (sulfide) groups is 1. The second-order valence-electron chi connectivity index (χ2n) is 6.33. The molecule has 0 saturated carbocycles. The van der Waals surface area contributed by atoms with Gasteiger partial charge in [-0.2, -0.15) is 0 Å². The minimum Gasteiger partial charge on any atom is -0.325 e. The number of carbonyl (C=O) groups is 2. The number of anilines is 1. The zero-order valence-electron chi connectivity index (χ0n) is 15.9. The van der Waals surface area contributed by atoms with E-state index in [0.717, 1.165) is 22.6 Å². The van der Waals surface area contributed by atoms with Gasteiger partial charge in [0.15, 0.2) is 11.0 Å². The topological polar surface area (TPSA) is 76.9 Å². The SMILES string of the molecule is CCn1c(SCC(=O)Nc2ccccc2)nnc1-c1ccc(CC(C)=O)cc1. The van der Waals surface area contributed by atoms with E-state index < -0.39 is 0 Å². The molecule has 0 aliphatic heterocycles. The Labute approximate surface area is 168 Å². The van der Waals surface area contributed by atoms with Crippen molar-refractivity contribution in [1.29, 1.82) is 0 Å². The van der Waals surface area contributed by atoms with E-state index in [2.05, 4.69) is 15.5 Å². The molecule has 7 heteroatoms. The van der Waals surface area contributed by atoms with Gasteiger partial charge in [-0.3, -0.25) is 9.59 Å². The van der Waals surface area contributed by atoms with E-state index in [1.54, 1.807) is 6.92 Å². The Morgan fingerprint density at radius 1 is 1.04 bits per heavy atom. The van der Waals surface area contributed by atoms with Crippen LogP contribution in [0.5, 0.6) is 0 Å². The summed E-state index contributed by atoms with van der Waals surface area (Å²) in [7, 11) is 0. The van der Waals surface area contributed by atoms with Crippen molar-refractivity contribution < 1.29 is 9.59 Å². The first-order chi connectivity index (χ1) is 13.6. The van der Waals surface area contributed by atoms with Crippen LogP contribution in [0.15, 0.2) is 59.8 Å². The normalized spacial score (nSPS) is 10.6. The number of hydrogen-bond acceptors (Lipinski definition) is 5. The van der Waals surface area contributed by atoms with Gasteiger partial charge in [0.05, 0.1) is 5.75 Å². The molecule has 0 fully saturated rings. The third kappa shape index (κ3) is 5.07. The molecule has 144 valence electrons. The minimum absolute atomic E-state index is 0.0861. The van der Waals surface area contributed by atoms with Crippen LogP contribution in [0.1, 0.15) is 19.4 Å². The molecular formula is C21H22N4O2S. The fourth-order valence-electron chi connectivity index (χ4n) is 2.80. The van der Waals surface area contributed by atoms with Crippen LogP contribution in [0.25, 0.3) is 11.4 Å². The summed E-state index contributed by atoms with van der Waals surface area (Å²) >= 11 is 1.36. The number of Topliss-reactive ketones (excluding diaryl/α,β-unsaturated/α-hetero) is 1. The first-order valence-electron chi connectivity index (χ1n) is 9.06.